The summed E-state index contributed by atoms with van der Waals surface area (Å²) in [6, 6.07) is 6.20. The van der Waals surface area contributed by atoms with Crippen LogP contribution in [0.2, 0.25) is 0 Å². The lowest BCUT2D eigenvalue weighted by atomic mass is 10.1. The van der Waals surface area contributed by atoms with E-state index in [9.17, 15) is 13.5 Å². The second kappa shape index (κ2) is 7.73. The Morgan fingerprint density at radius 2 is 1.80 bits per heavy atom. The van der Waals surface area contributed by atoms with Crippen LogP contribution in [0.5, 0.6) is 0 Å². The summed E-state index contributed by atoms with van der Waals surface area (Å²) in [6.45, 7) is 3.91. The minimum absolute atomic E-state index is 0.0977. The van der Waals surface area contributed by atoms with E-state index in [2.05, 4.69) is 0 Å². The zero-order chi connectivity index (χ0) is 15.2. The molecule has 5 nitrogen and oxygen atoms in total. The highest BCUT2D eigenvalue weighted by Crippen LogP contribution is 2.19. The molecule has 0 amide bonds. The molecule has 0 radical (unpaired) electrons. The molecular weight excluding hydrogens is 278 g/mol. The minimum atomic E-state index is -3.59. The third-order valence-electron chi connectivity index (χ3n) is 3.11. The molecular formula is C14H23NO4S. The van der Waals surface area contributed by atoms with Crippen LogP contribution in [-0.2, 0) is 10.0 Å². The fourth-order valence-corrected chi connectivity index (χ4v) is 3.34. The number of hydrogen-bond donors (Lipinski definition) is 2. The Bertz CT molecular complexity index is 496. The van der Waals surface area contributed by atoms with E-state index in [-0.39, 0.29) is 18.0 Å². The van der Waals surface area contributed by atoms with Crippen LogP contribution < -0.4 is 0 Å². The van der Waals surface area contributed by atoms with Gasteiger partial charge in [0.25, 0.3) is 0 Å². The molecule has 0 spiro atoms. The van der Waals surface area contributed by atoms with Gasteiger partial charge in [0, 0.05) is 13.1 Å². The average Bonchev–Trinajstić information content (AvgIpc) is 2.43. The Hall–Kier alpha value is -0.950. The number of benzene rings is 1. The fourth-order valence-electron chi connectivity index (χ4n) is 1.87. The van der Waals surface area contributed by atoms with Gasteiger partial charge in [-0.2, -0.15) is 4.31 Å². The Morgan fingerprint density at radius 3 is 2.25 bits per heavy atom. The predicted molar refractivity (Wildman–Crippen MR) is 77.8 cm³/mol. The number of aliphatic hydroxyl groups excluding tert-OH is 2. The third kappa shape index (κ3) is 4.28. The van der Waals surface area contributed by atoms with Gasteiger partial charge in [-0.1, -0.05) is 25.5 Å². The van der Waals surface area contributed by atoms with Crippen molar-refractivity contribution in [3.63, 3.8) is 0 Å². The van der Waals surface area contributed by atoms with Crippen LogP contribution in [-0.4, -0.2) is 42.6 Å². The van der Waals surface area contributed by atoms with Gasteiger partial charge < -0.3 is 10.2 Å². The average molecular weight is 301 g/mol. The van der Waals surface area contributed by atoms with Gasteiger partial charge in [-0.3, -0.25) is 0 Å². The normalized spacial score (nSPS) is 13.7. The van der Waals surface area contributed by atoms with Crippen LogP contribution in [0.3, 0.4) is 0 Å². The molecule has 20 heavy (non-hydrogen) atoms. The summed E-state index contributed by atoms with van der Waals surface area (Å²) in [5, 5.41) is 18.5. The third-order valence-corrected chi connectivity index (χ3v) is 5.02. The van der Waals surface area contributed by atoms with Crippen molar-refractivity contribution >= 4 is 10.0 Å². The molecule has 1 aromatic carbocycles. The summed E-state index contributed by atoms with van der Waals surface area (Å²) in [5.41, 5.74) is 0.672. The molecule has 0 saturated carbocycles. The lowest BCUT2D eigenvalue weighted by Gasteiger charge is -2.21. The van der Waals surface area contributed by atoms with Crippen LogP contribution in [0.15, 0.2) is 29.2 Å². The first kappa shape index (κ1) is 17.1. The maximum Gasteiger partial charge on any atom is 0.243 e. The van der Waals surface area contributed by atoms with Gasteiger partial charge in [-0.15, -0.1) is 0 Å². The maximum absolute atomic E-state index is 12.5. The molecule has 1 unspecified atom stereocenters. The molecule has 0 fully saturated rings. The van der Waals surface area contributed by atoms with Crippen molar-refractivity contribution in [2.45, 2.75) is 37.7 Å². The highest BCUT2D eigenvalue weighted by atomic mass is 32.2. The second-order valence-corrected chi connectivity index (χ2v) is 6.66. The summed E-state index contributed by atoms with van der Waals surface area (Å²) in [6.07, 6.45) is 1.02. The molecule has 0 heterocycles. The molecule has 1 atom stereocenters. The molecule has 0 aliphatic heterocycles. The van der Waals surface area contributed by atoms with E-state index >= 15 is 0 Å². The predicted octanol–water partition coefficient (Wildman–Crippen LogP) is 1.52. The molecule has 6 heteroatoms. The molecule has 0 aromatic heterocycles. The first-order valence-electron chi connectivity index (χ1n) is 6.82. The first-order valence-corrected chi connectivity index (χ1v) is 8.26. The van der Waals surface area contributed by atoms with Crippen molar-refractivity contribution in [3.05, 3.63) is 29.8 Å². The highest BCUT2D eigenvalue weighted by molar-refractivity contribution is 7.89. The topological polar surface area (TPSA) is 77.8 Å². The van der Waals surface area contributed by atoms with E-state index in [1.165, 1.54) is 16.4 Å². The van der Waals surface area contributed by atoms with E-state index < -0.39 is 16.1 Å². The standard InChI is InChI=1S/C14H23NO4S/c1-3-4-9-15(10-11-16)20(18,19)14-7-5-13(6-8-14)12(2)17/h5-8,12,16-17H,3-4,9-11H2,1-2H3. The van der Waals surface area contributed by atoms with E-state index in [0.29, 0.717) is 12.1 Å². The van der Waals surface area contributed by atoms with E-state index in [0.717, 1.165) is 12.8 Å². The summed E-state index contributed by atoms with van der Waals surface area (Å²) >= 11 is 0. The fraction of sp³-hybridized carbons (Fsp3) is 0.571. The van der Waals surface area contributed by atoms with Crippen molar-refractivity contribution in [2.75, 3.05) is 19.7 Å². The Labute approximate surface area is 120 Å². The van der Waals surface area contributed by atoms with Crippen molar-refractivity contribution in [1.82, 2.24) is 4.31 Å². The quantitative estimate of drug-likeness (QED) is 0.763. The summed E-state index contributed by atoms with van der Waals surface area (Å²) < 4.78 is 26.2. The van der Waals surface area contributed by atoms with Crippen LogP contribution in [0, 0.1) is 0 Å². The number of sulfonamides is 1. The number of aliphatic hydroxyl groups is 2. The number of hydrogen-bond acceptors (Lipinski definition) is 4. The second-order valence-electron chi connectivity index (χ2n) is 4.73. The van der Waals surface area contributed by atoms with Gasteiger partial charge in [-0.05, 0) is 31.0 Å². The van der Waals surface area contributed by atoms with Gasteiger partial charge in [0.05, 0.1) is 17.6 Å². The van der Waals surface area contributed by atoms with Gasteiger partial charge in [0.15, 0.2) is 0 Å². The summed E-state index contributed by atoms with van der Waals surface area (Å²) in [5.74, 6) is 0. The van der Waals surface area contributed by atoms with E-state index in [4.69, 9.17) is 5.11 Å². The van der Waals surface area contributed by atoms with E-state index in [1.807, 2.05) is 6.92 Å². The molecule has 114 valence electrons. The molecule has 0 bridgehead atoms. The first-order chi connectivity index (χ1) is 9.43. The lowest BCUT2D eigenvalue weighted by molar-refractivity contribution is 0.199. The molecule has 0 aliphatic rings. The van der Waals surface area contributed by atoms with Crippen LogP contribution in [0.25, 0.3) is 0 Å². The number of rotatable bonds is 8. The molecule has 2 N–H and O–H groups in total. The van der Waals surface area contributed by atoms with Gasteiger partial charge in [-0.25, -0.2) is 8.42 Å². The van der Waals surface area contributed by atoms with Gasteiger partial charge in [0.1, 0.15) is 0 Å². The number of unbranched alkanes of at least 4 members (excludes halogenated alkanes) is 1. The largest absolute Gasteiger partial charge is 0.395 e. The van der Waals surface area contributed by atoms with Gasteiger partial charge in [0.2, 0.25) is 10.0 Å². The summed E-state index contributed by atoms with van der Waals surface area (Å²) in [4.78, 5) is 0.187. The Balaban J connectivity index is 2.99. The molecule has 0 aliphatic carbocycles. The number of nitrogens with zero attached hydrogens (tertiary/aromatic N) is 1. The summed E-state index contributed by atoms with van der Waals surface area (Å²) in [7, 11) is -3.59. The van der Waals surface area contributed by atoms with Crippen LogP contribution in [0.4, 0.5) is 0 Å². The lowest BCUT2D eigenvalue weighted by Crippen LogP contribution is -2.34. The monoisotopic (exact) mass is 301 g/mol. The Kier molecular flexibility index (Phi) is 6.61. The van der Waals surface area contributed by atoms with Crippen LogP contribution in [0.1, 0.15) is 38.4 Å². The molecule has 1 rings (SSSR count). The highest BCUT2D eigenvalue weighted by Gasteiger charge is 2.23. The van der Waals surface area contributed by atoms with Crippen LogP contribution >= 0.6 is 0 Å². The van der Waals surface area contributed by atoms with Gasteiger partial charge >= 0.3 is 0 Å². The Morgan fingerprint density at radius 1 is 1.20 bits per heavy atom. The van der Waals surface area contributed by atoms with E-state index in [1.54, 1.807) is 19.1 Å². The molecule has 0 saturated heterocycles. The van der Waals surface area contributed by atoms with Crippen molar-refractivity contribution in [2.24, 2.45) is 0 Å². The minimum Gasteiger partial charge on any atom is -0.395 e. The van der Waals surface area contributed by atoms with Crippen molar-refractivity contribution in [3.8, 4) is 0 Å². The smallest absolute Gasteiger partial charge is 0.243 e. The van der Waals surface area contributed by atoms with Crippen molar-refractivity contribution < 1.29 is 18.6 Å². The maximum atomic E-state index is 12.5. The zero-order valence-corrected chi connectivity index (χ0v) is 12.8. The molecule has 1 aromatic rings. The SMILES string of the molecule is CCCCN(CCO)S(=O)(=O)c1ccc(C(C)O)cc1. The van der Waals surface area contributed by atoms with Crippen molar-refractivity contribution in [1.29, 1.82) is 0 Å². The zero-order valence-electron chi connectivity index (χ0n) is 12.0.